The van der Waals surface area contributed by atoms with Crippen molar-refractivity contribution in [3.8, 4) is 0 Å². The number of imide groups is 1. The second-order valence-corrected chi connectivity index (χ2v) is 7.68. The summed E-state index contributed by atoms with van der Waals surface area (Å²) in [5.41, 5.74) is 0.0812. The minimum Gasteiger partial charge on any atom is -0.480 e. The number of carboxylic acid groups (broad SMARTS) is 1. The SMILES string of the molecule is C[C@H](O)[C@H](C(=O)O)N1C(=O)c2c(Br)c(Br)c(Br)c(Br)c2C1=O. The molecule has 0 aromatic heterocycles. The Labute approximate surface area is 158 Å². The first-order valence-corrected chi connectivity index (χ1v) is 8.93. The summed E-state index contributed by atoms with van der Waals surface area (Å²) < 4.78 is 1.66. The Morgan fingerprint density at radius 2 is 1.32 bits per heavy atom. The monoisotopic (exact) mass is 561 g/mol. The zero-order valence-corrected chi connectivity index (χ0v) is 17.1. The standard InChI is InChI=1S/C12H7Br4NO5/c1-2(18)9(12(21)22)17-10(19)3-4(11(17)20)6(14)8(16)7(15)5(3)13/h2,9,18H,1H3,(H,21,22)/t2-,9+/m0/s1. The number of rotatable bonds is 3. The van der Waals surface area contributed by atoms with Crippen LogP contribution in [0.1, 0.15) is 27.6 Å². The van der Waals surface area contributed by atoms with E-state index in [9.17, 15) is 24.6 Å². The van der Waals surface area contributed by atoms with Crippen LogP contribution >= 0.6 is 63.7 Å². The molecule has 1 heterocycles. The summed E-state index contributed by atoms with van der Waals surface area (Å²) >= 11 is 13.0. The van der Waals surface area contributed by atoms with E-state index < -0.39 is 29.9 Å². The molecule has 0 saturated carbocycles. The van der Waals surface area contributed by atoms with Gasteiger partial charge in [0, 0.05) is 17.9 Å². The Morgan fingerprint density at radius 1 is 0.955 bits per heavy atom. The van der Waals surface area contributed by atoms with Crippen LogP contribution in [0.5, 0.6) is 0 Å². The molecular formula is C12H7Br4NO5. The lowest BCUT2D eigenvalue weighted by Crippen LogP contribution is -2.50. The van der Waals surface area contributed by atoms with E-state index in [1.54, 1.807) is 0 Å². The molecule has 2 amide bonds. The number of hydrogen-bond donors (Lipinski definition) is 2. The van der Waals surface area contributed by atoms with E-state index in [-0.39, 0.29) is 11.1 Å². The van der Waals surface area contributed by atoms with Crippen molar-refractivity contribution < 1.29 is 24.6 Å². The lowest BCUT2D eigenvalue weighted by molar-refractivity contribution is -0.145. The van der Waals surface area contributed by atoms with Crippen LogP contribution in [-0.2, 0) is 4.79 Å². The van der Waals surface area contributed by atoms with Crippen molar-refractivity contribution in [3.63, 3.8) is 0 Å². The van der Waals surface area contributed by atoms with Gasteiger partial charge in [0.2, 0.25) is 0 Å². The summed E-state index contributed by atoms with van der Waals surface area (Å²) in [6.07, 6.45) is -1.41. The summed E-state index contributed by atoms with van der Waals surface area (Å²) in [5, 5.41) is 18.9. The number of carbonyl (C=O) groups excluding carboxylic acids is 2. The number of carbonyl (C=O) groups is 3. The summed E-state index contributed by atoms with van der Waals surface area (Å²) in [4.78, 5) is 37.0. The second-order valence-electron chi connectivity index (χ2n) is 4.51. The van der Waals surface area contributed by atoms with Gasteiger partial charge in [-0.15, -0.1) is 0 Å². The number of benzene rings is 1. The molecular weight excluding hydrogens is 558 g/mol. The highest BCUT2D eigenvalue weighted by Gasteiger charge is 2.47. The number of amides is 2. The van der Waals surface area contributed by atoms with Crippen molar-refractivity contribution in [2.45, 2.75) is 19.1 Å². The predicted molar refractivity (Wildman–Crippen MR) is 90.8 cm³/mol. The van der Waals surface area contributed by atoms with E-state index >= 15 is 0 Å². The summed E-state index contributed by atoms with van der Waals surface area (Å²) in [7, 11) is 0. The molecule has 0 saturated heterocycles. The van der Waals surface area contributed by atoms with Crippen molar-refractivity contribution in [2.75, 3.05) is 0 Å². The molecule has 22 heavy (non-hydrogen) atoms. The normalized spacial score (nSPS) is 16.7. The molecule has 0 unspecified atom stereocenters. The van der Waals surface area contributed by atoms with Crippen LogP contribution in [0.25, 0.3) is 0 Å². The van der Waals surface area contributed by atoms with Crippen LogP contribution in [0.2, 0.25) is 0 Å². The average molecular weight is 565 g/mol. The van der Waals surface area contributed by atoms with Gasteiger partial charge in [-0.05, 0) is 70.6 Å². The van der Waals surface area contributed by atoms with E-state index in [1.165, 1.54) is 6.92 Å². The molecule has 10 heteroatoms. The molecule has 2 atom stereocenters. The highest BCUT2D eigenvalue weighted by molar-refractivity contribution is 9.15. The fourth-order valence-corrected chi connectivity index (χ4v) is 4.61. The van der Waals surface area contributed by atoms with E-state index in [4.69, 9.17) is 0 Å². The van der Waals surface area contributed by atoms with E-state index in [0.717, 1.165) is 0 Å². The van der Waals surface area contributed by atoms with Gasteiger partial charge in [-0.25, -0.2) is 4.79 Å². The third-order valence-electron chi connectivity index (χ3n) is 3.12. The summed E-state index contributed by atoms with van der Waals surface area (Å²) in [6.45, 7) is 1.21. The zero-order chi connectivity index (χ0) is 16.9. The third kappa shape index (κ3) is 2.58. The number of nitrogens with zero attached hydrogens (tertiary/aromatic N) is 1. The Kier molecular flexibility index (Phi) is 5.18. The number of carboxylic acids is 1. The Morgan fingerprint density at radius 3 is 1.59 bits per heavy atom. The van der Waals surface area contributed by atoms with Gasteiger partial charge in [0.25, 0.3) is 11.8 Å². The molecule has 1 aromatic carbocycles. The lowest BCUT2D eigenvalue weighted by Gasteiger charge is -2.24. The molecule has 2 N–H and O–H groups in total. The van der Waals surface area contributed by atoms with Crippen LogP contribution in [0.15, 0.2) is 17.9 Å². The summed E-state index contributed by atoms with van der Waals surface area (Å²) in [6, 6.07) is -1.66. The first-order valence-electron chi connectivity index (χ1n) is 5.75. The number of aliphatic hydroxyl groups excluding tert-OH is 1. The van der Waals surface area contributed by atoms with Gasteiger partial charge < -0.3 is 10.2 Å². The van der Waals surface area contributed by atoms with Gasteiger partial charge in [0.1, 0.15) is 0 Å². The molecule has 118 valence electrons. The van der Waals surface area contributed by atoms with Gasteiger partial charge in [-0.3, -0.25) is 14.5 Å². The Balaban J connectivity index is 2.71. The van der Waals surface area contributed by atoms with Crippen LogP contribution in [0.4, 0.5) is 0 Å². The number of aliphatic carboxylic acids is 1. The van der Waals surface area contributed by atoms with Crippen LogP contribution in [0, 0.1) is 0 Å². The predicted octanol–water partition coefficient (Wildman–Crippen LogP) is 3.17. The van der Waals surface area contributed by atoms with Gasteiger partial charge in [0.15, 0.2) is 6.04 Å². The van der Waals surface area contributed by atoms with E-state index in [0.29, 0.717) is 22.8 Å². The van der Waals surface area contributed by atoms with Crippen LogP contribution < -0.4 is 0 Å². The molecule has 0 spiro atoms. The minimum absolute atomic E-state index is 0.0406. The second kappa shape index (κ2) is 6.31. The molecule has 0 bridgehead atoms. The van der Waals surface area contributed by atoms with Gasteiger partial charge in [0.05, 0.1) is 17.2 Å². The van der Waals surface area contributed by atoms with Crippen molar-refractivity contribution in [1.29, 1.82) is 0 Å². The van der Waals surface area contributed by atoms with Gasteiger partial charge in [-0.2, -0.15) is 0 Å². The molecule has 1 aliphatic rings. The van der Waals surface area contributed by atoms with E-state index in [2.05, 4.69) is 63.7 Å². The number of hydrogen-bond acceptors (Lipinski definition) is 4. The van der Waals surface area contributed by atoms with E-state index in [1.807, 2.05) is 0 Å². The highest BCUT2D eigenvalue weighted by Crippen LogP contribution is 2.45. The molecule has 6 nitrogen and oxygen atoms in total. The van der Waals surface area contributed by atoms with Crippen molar-refractivity contribution in [2.24, 2.45) is 0 Å². The first kappa shape index (κ1) is 18.1. The quantitative estimate of drug-likeness (QED) is 0.334. The molecule has 2 rings (SSSR count). The zero-order valence-electron chi connectivity index (χ0n) is 10.7. The smallest absolute Gasteiger partial charge is 0.329 e. The first-order chi connectivity index (χ1) is 10.1. The average Bonchev–Trinajstić information content (AvgIpc) is 2.67. The Bertz CT molecular complexity index is 671. The highest BCUT2D eigenvalue weighted by atomic mass is 79.9. The van der Waals surface area contributed by atoms with Gasteiger partial charge >= 0.3 is 5.97 Å². The van der Waals surface area contributed by atoms with Gasteiger partial charge in [-0.1, -0.05) is 0 Å². The van der Waals surface area contributed by atoms with Crippen molar-refractivity contribution in [1.82, 2.24) is 4.90 Å². The maximum Gasteiger partial charge on any atom is 0.329 e. The van der Waals surface area contributed by atoms with Crippen LogP contribution in [-0.4, -0.2) is 45.0 Å². The van der Waals surface area contributed by atoms with Crippen molar-refractivity contribution in [3.05, 3.63) is 29.0 Å². The largest absolute Gasteiger partial charge is 0.480 e. The molecule has 0 aliphatic carbocycles. The fraction of sp³-hybridized carbons (Fsp3) is 0.250. The molecule has 0 fully saturated rings. The number of fused-ring (bicyclic) bond motifs is 1. The maximum atomic E-state index is 12.5. The number of halogens is 4. The molecule has 1 aromatic rings. The van der Waals surface area contributed by atoms with Crippen molar-refractivity contribution >= 4 is 81.5 Å². The maximum absolute atomic E-state index is 12.5. The fourth-order valence-electron chi connectivity index (χ4n) is 2.15. The Hall–Kier alpha value is -0.290. The molecule has 1 aliphatic heterocycles. The number of aliphatic hydroxyl groups is 1. The topological polar surface area (TPSA) is 94.9 Å². The molecule has 0 radical (unpaired) electrons. The lowest BCUT2D eigenvalue weighted by atomic mass is 10.1. The van der Waals surface area contributed by atoms with Crippen LogP contribution in [0.3, 0.4) is 0 Å². The summed E-state index contributed by atoms with van der Waals surface area (Å²) in [5.74, 6) is -3.03. The minimum atomic E-state index is -1.66. The third-order valence-corrected chi connectivity index (χ3v) is 7.89.